The second kappa shape index (κ2) is 12.5. The molecule has 0 amide bonds. The molecule has 1 aromatic carbocycles. The monoisotopic (exact) mass is 480 g/mol. The van der Waals surface area contributed by atoms with Crippen LogP contribution in [0.3, 0.4) is 0 Å². The van der Waals surface area contributed by atoms with Gasteiger partial charge < -0.3 is 9.64 Å². The van der Waals surface area contributed by atoms with E-state index in [4.69, 9.17) is 21.3 Å². The number of benzene rings is 1. The number of unbranched alkanes of at least 4 members (excludes halogenated alkanes) is 4. The number of ether oxygens (including phenoxy) is 1. The Labute approximate surface area is 209 Å². The lowest BCUT2D eigenvalue weighted by molar-refractivity contribution is -0.143. The molecule has 1 aliphatic heterocycles. The van der Waals surface area contributed by atoms with E-state index in [1.54, 1.807) is 5.57 Å². The van der Waals surface area contributed by atoms with E-state index in [0.29, 0.717) is 13.0 Å². The van der Waals surface area contributed by atoms with Crippen molar-refractivity contribution in [1.29, 1.82) is 0 Å². The summed E-state index contributed by atoms with van der Waals surface area (Å²) in [5, 5.41) is 0.817. The molecule has 1 aliphatic carbocycles. The van der Waals surface area contributed by atoms with Crippen LogP contribution in [0.1, 0.15) is 80.7 Å². The van der Waals surface area contributed by atoms with Crippen LogP contribution in [0.15, 0.2) is 42.1 Å². The van der Waals surface area contributed by atoms with Crippen LogP contribution < -0.4 is 0 Å². The number of esters is 1. The van der Waals surface area contributed by atoms with E-state index in [9.17, 15) is 4.79 Å². The zero-order chi connectivity index (χ0) is 23.8. The number of halogens is 1. The number of carbonyl (C=O) groups is 1. The first kappa shape index (κ1) is 24.9. The van der Waals surface area contributed by atoms with Gasteiger partial charge in [0.05, 0.1) is 12.3 Å². The molecule has 4 nitrogen and oxygen atoms in total. The molecule has 0 bridgehead atoms. The van der Waals surface area contributed by atoms with E-state index >= 15 is 0 Å². The number of aryl methyl sites for hydroxylation is 2. The summed E-state index contributed by atoms with van der Waals surface area (Å²) in [4.78, 5) is 18.9. The van der Waals surface area contributed by atoms with Gasteiger partial charge in [-0.05, 0) is 86.9 Å². The van der Waals surface area contributed by atoms with Gasteiger partial charge in [0.1, 0.15) is 0 Å². The van der Waals surface area contributed by atoms with E-state index in [2.05, 4.69) is 29.2 Å². The molecule has 1 fully saturated rings. The highest BCUT2D eigenvalue weighted by Crippen LogP contribution is 2.38. The number of rotatable bonds is 9. The molecule has 4 rings (SSSR count). The third kappa shape index (κ3) is 6.49. The van der Waals surface area contributed by atoms with Crippen LogP contribution in [0.4, 0.5) is 0 Å². The minimum Gasteiger partial charge on any atom is -0.466 e. The summed E-state index contributed by atoms with van der Waals surface area (Å²) in [6.07, 6.45) is 12.5. The molecule has 1 aromatic heterocycles. The first-order valence-corrected chi connectivity index (χ1v) is 13.4. The molecule has 0 unspecified atom stereocenters. The third-order valence-corrected chi connectivity index (χ3v) is 7.34. The summed E-state index contributed by atoms with van der Waals surface area (Å²) in [7, 11) is 0. The summed E-state index contributed by atoms with van der Waals surface area (Å²) < 4.78 is 4.99. The van der Waals surface area contributed by atoms with Gasteiger partial charge in [-0.25, -0.2) is 0 Å². The average Bonchev–Trinajstić information content (AvgIpc) is 3.01. The van der Waals surface area contributed by atoms with Gasteiger partial charge in [-0.2, -0.15) is 0 Å². The van der Waals surface area contributed by atoms with Crippen molar-refractivity contribution >= 4 is 23.1 Å². The van der Waals surface area contributed by atoms with Crippen molar-refractivity contribution in [2.24, 2.45) is 0 Å². The predicted octanol–water partition coefficient (Wildman–Crippen LogP) is 6.64. The van der Waals surface area contributed by atoms with E-state index in [-0.39, 0.29) is 5.97 Å². The fourth-order valence-corrected chi connectivity index (χ4v) is 5.49. The Morgan fingerprint density at radius 3 is 2.59 bits per heavy atom. The number of hydrogen-bond acceptors (Lipinski definition) is 4. The molecular weight excluding hydrogens is 444 g/mol. The number of aromatic nitrogens is 1. The molecule has 34 heavy (non-hydrogen) atoms. The highest BCUT2D eigenvalue weighted by atomic mass is 35.5. The molecule has 2 heterocycles. The lowest BCUT2D eigenvalue weighted by Crippen LogP contribution is -2.32. The summed E-state index contributed by atoms with van der Waals surface area (Å²) in [6, 6.07) is 10.7. The van der Waals surface area contributed by atoms with Crippen molar-refractivity contribution in [1.82, 2.24) is 9.88 Å². The summed E-state index contributed by atoms with van der Waals surface area (Å²) in [5.74, 6) is -0.0574. The summed E-state index contributed by atoms with van der Waals surface area (Å²) in [5.41, 5.74) is 8.10. The maximum absolute atomic E-state index is 11.4. The van der Waals surface area contributed by atoms with Gasteiger partial charge in [-0.15, -0.1) is 0 Å². The molecule has 5 heteroatoms. The van der Waals surface area contributed by atoms with Crippen molar-refractivity contribution in [3.8, 4) is 0 Å². The normalized spacial score (nSPS) is 16.1. The molecular formula is C29H37ClN2O2. The zero-order valence-corrected chi connectivity index (χ0v) is 21.2. The predicted molar refractivity (Wildman–Crippen MR) is 139 cm³/mol. The van der Waals surface area contributed by atoms with Crippen molar-refractivity contribution in [2.75, 3.05) is 26.2 Å². The van der Waals surface area contributed by atoms with Crippen LogP contribution in [-0.2, 0) is 22.4 Å². The highest BCUT2D eigenvalue weighted by Gasteiger charge is 2.25. The Morgan fingerprint density at radius 2 is 1.76 bits per heavy atom. The standard InChI is InChI=1S/C29H37ClN2O2/c1-2-34-27(33)10-6-4-3-5-7-18-32-19-15-22(16-20-32)28-26-14-13-25(30)21-24(26)12-11-23-9-8-17-31-29(23)28/h8-9,13-14,17,21H,2-7,10-12,15-16,18-20H2,1H3. The number of likely N-dealkylation sites (tertiary alicyclic amines) is 1. The van der Waals surface area contributed by atoms with E-state index in [0.717, 1.165) is 56.6 Å². The second-order valence-corrected chi connectivity index (χ2v) is 9.89. The van der Waals surface area contributed by atoms with Crippen molar-refractivity contribution < 1.29 is 9.53 Å². The van der Waals surface area contributed by atoms with E-state index in [1.165, 1.54) is 53.8 Å². The molecule has 0 saturated carbocycles. The van der Waals surface area contributed by atoms with E-state index < -0.39 is 0 Å². The van der Waals surface area contributed by atoms with Crippen LogP contribution in [0, 0.1) is 0 Å². The molecule has 0 N–H and O–H groups in total. The van der Waals surface area contributed by atoms with Crippen LogP contribution in [0.2, 0.25) is 5.02 Å². The number of fused-ring (bicyclic) bond motifs is 2. The quantitative estimate of drug-likeness (QED) is 0.298. The van der Waals surface area contributed by atoms with Gasteiger partial charge >= 0.3 is 5.97 Å². The van der Waals surface area contributed by atoms with Crippen LogP contribution in [-0.4, -0.2) is 42.1 Å². The number of nitrogens with zero attached hydrogens (tertiary/aromatic N) is 2. The van der Waals surface area contributed by atoms with Crippen LogP contribution in [0.5, 0.6) is 0 Å². The molecule has 0 spiro atoms. The fraction of sp³-hybridized carbons (Fsp3) is 0.517. The maximum Gasteiger partial charge on any atom is 0.305 e. The van der Waals surface area contributed by atoms with Gasteiger partial charge in [0.25, 0.3) is 0 Å². The second-order valence-electron chi connectivity index (χ2n) is 9.46. The van der Waals surface area contributed by atoms with E-state index in [1.807, 2.05) is 19.2 Å². The highest BCUT2D eigenvalue weighted by molar-refractivity contribution is 6.30. The smallest absolute Gasteiger partial charge is 0.305 e. The topological polar surface area (TPSA) is 42.4 Å². The first-order chi connectivity index (χ1) is 16.7. The van der Waals surface area contributed by atoms with Gasteiger partial charge in [0.2, 0.25) is 0 Å². The van der Waals surface area contributed by atoms with Crippen LogP contribution in [0.25, 0.3) is 5.57 Å². The summed E-state index contributed by atoms with van der Waals surface area (Å²) >= 11 is 6.35. The Balaban J connectivity index is 1.32. The van der Waals surface area contributed by atoms with Crippen molar-refractivity contribution in [3.63, 3.8) is 0 Å². The number of carbonyl (C=O) groups excluding carboxylic acids is 1. The van der Waals surface area contributed by atoms with Crippen molar-refractivity contribution in [3.05, 3.63) is 69.5 Å². The minimum atomic E-state index is -0.0574. The Bertz CT molecular complexity index is 1010. The lowest BCUT2D eigenvalue weighted by atomic mass is 9.88. The zero-order valence-electron chi connectivity index (χ0n) is 20.5. The molecule has 1 saturated heterocycles. The number of pyridine rings is 1. The minimum absolute atomic E-state index is 0.0574. The largest absolute Gasteiger partial charge is 0.466 e. The Kier molecular flexibility index (Phi) is 9.18. The lowest BCUT2D eigenvalue weighted by Gasteiger charge is -2.30. The van der Waals surface area contributed by atoms with Gasteiger partial charge in [0, 0.05) is 36.3 Å². The van der Waals surface area contributed by atoms with Crippen LogP contribution >= 0.6 is 11.6 Å². The van der Waals surface area contributed by atoms with Gasteiger partial charge in [-0.1, -0.05) is 48.6 Å². The fourth-order valence-electron chi connectivity index (χ4n) is 5.30. The van der Waals surface area contributed by atoms with Gasteiger partial charge in [0.15, 0.2) is 0 Å². The molecule has 2 aliphatic rings. The first-order valence-electron chi connectivity index (χ1n) is 13.0. The molecule has 0 radical (unpaired) electrons. The molecule has 182 valence electrons. The molecule has 0 atom stereocenters. The maximum atomic E-state index is 11.4. The average molecular weight is 481 g/mol. The Morgan fingerprint density at radius 1 is 1.00 bits per heavy atom. The third-order valence-electron chi connectivity index (χ3n) is 7.10. The SMILES string of the molecule is CCOC(=O)CCCCCCCN1CCC(=C2c3ccc(Cl)cc3CCc3cccnc32)CC1. The number of hydrogen-bond donors (Lipinski definition) is 0. The Hall–Kier alpha value is -2.17. The van der Waals surface area contributed by atoms with Crippen molar-refractivity contribution in [2.45, 2.75) is 71.1 Å². The van der Waals surface area contributed by atoms with Gasteiger partial charge in [-0.3, -0.25) is 9.78 Å². The molecule has 2 aromatic rings. The summed E-state index contributed by atoms with van der Waals surface area (Å²) in [6.45, 7) is 5.75. The number of piperidine rings is 1.